The molecule has 0 spiro atoms. The summed E-state index contributed by atoms with van der Waals surface area (Å²) in [5, 5.41) is 3.37. The molecule has 0 atom stereocenters. The van der Waals surface area contributed by atoms with Gasteiger partial charge in [-0.1, -0.05) is 23.7 Å². The lowest BCUT2D eigenvalue weighted by Gasteiger charge is -2.11. The normalized spacial score (nSPS) is 11.2. The summed E-state index contributed by atoms with van der Waals surface area (Å²) in [6.45, 7) is 0.343. The zero-order chi connectivity index (χ0) is 14.6. The van der Waals surface area contributed by atoms with Crippen molar-refractivity contribution in [3.8, 4) is 5.75 Å². The Bertz CT molecular complexity index is 590. The number of pyridine rings is 1. The van der Waals surface area contributed by atoms with Crippen molar-refractivity contribution in [2.24, 2.45) is 0 Å². The molecule has 0 bridgehead atoms. The maximum Gasteiger partial charge on any atom is 0.573 e. The van der Waals surface area contributed by atoms with Crippen molar-refractivity contribution in [2.75, 3.05) is 5.32 Å². The molecule has 0 saturated heterocycles. The van der Waals surface area contributed by atoms with Crippen molar-refractivity contribution in [1.82, 2.24) is 4.98 Å². The van der Waals surface area contributed by atoms with Gasteiger partial charge in [0.25, 0.3) is 0 Å². The minimum Gasteiger partial charge on any atom is -0.406 e. The van der Waals surface area contributed by atoms with Gasteiger partial charge < -0.3 is 10.1 Å². The number of benzene rings is 1. The van der Waals surface area contributed by atoms with E-state index in [1.165, 1.54) is 24.4 Å². The molecule has 1 heterocycles. The summed E-state index contributed by atoms with van der Waals surface area (Å²) in [7, 11) is 0. The van der Waals surface area contributed by atoms with Gasteiger partial charge in [0.1, 0.15) is 10.9 Å². The number of hydrogen-bond donors (Lipinski definition) is 1. The van der Waals surface area contributed by atoms with Gasteiger partial charge >= 0.3 is 6.36 Å². The molecule has 0 unspecified atom stereocenters. The highest BCUT2D eigenvalue weighted by Crippen LogP contribution is 2.23. The number of alkyl halides is 3. The average molecular weight is 303 g/mol. The average Bonchev–Trinajstić information content (AvgIpc) is 2.35. The topological polar surface area (TPSA) is 34.1 Å². The number of anilines is 1. The van der Waals surface area contributed by atoms with Crippen molar-refractivity contribution >= 4 is 17.3 Å². The Morgan fingerprint density at radius 2 is 2.00 bits per heavy atom. The first-order chi connectivity index (χ1) is 9.42. The largest absolute Gasteiger partial charge is 0.573 e. The standard InChI is InChI=1S/C13H10ClF3N2O/c14-12-7-10(4-5-18-12)19-8-9-2-1-3-11(6-9)20-13(15,16)17/h1-7H,8H2,(H,18,19). The van der Waals surface area contributed by atoms with Crippen LogP contribution in [0.15, 0.2) is 42.6 Å². The summed E-state index contributed by atoms with van der Waals surface area (Å²) >= 11 is 5.73. The number of hydrogen-bond acceptors (Lipinski definition) is 3. The molecule has 0 aliphatic rings. The molecule has 3 nitrogen and oxygen atoms in total. The first kappa shape index (κ1) is 14.5. The molecule has 106 valence electrons. The lowest BCUT2D eigenvalue weighted by molar-refractivity contribution is -0.274. The van der Waals surface area contributed by atoms with Gasteiger partial charge in [-0.3, -0.25) is 0 Å². The van der Waals surface area contributed by atoms with Crippen molar-refractivity contribution < 1.29 is 17.9 Å². The molecule has 20 heavy (non-hydrogen) atoms. The van der Waals surface area contributed by atoms with Crippen LogP contribution in [-0.2, 0) is 6.54 Å². The number of ether oxygens (including phenoxy) is 1. The lowest BCUT2D eigenvalue weighted by Crippen LogP contribution is -2.17. The van der Waals surface area contributed by atoms with E-state index >= 15 is 0 Å². The third kappa shape index (κ3) is 4.62. The molecule has 1 N–H and O–H groups in total. The van der Waals surface area contributed by atoms with E-state index in [-0.39, 0.29) is 5.75 Å². The van der Waals surface area contributed by atoms with E-state index in [9.17, 15) is 13.2 Å². The van der Waals surface area contributed by atoms with Gasteiger partial charge in [-0.15, -0.1) is 13.2 Å². The highest BCUT2D eigenvalue weighted by atomic mass is 35.5. The van der Waals surface area contributed by atoms with Crippen LogP contribution in [0.3, 0.4) is 0 Å². The van der Waals surface area contributed by atoms with Crippen LogP contribution < -0.4 is 10.1 Å². The quantitative estimate of drug-likeness (QED) is 0.858. The fourth-order valence-corrected chi connectivity index (χ4v) is 1.74. The molecule has 0 fully saturated rings. The van der Waals surface area contributed by atoms with E-state index in [1.54, 1.807) is 18.2 Å². The van der Waals surface area contributed by atoms with Crippen molar-refractivity contribution in [3.05, 3.63) is 53.3 Å². The van der Waals surface area contributed by atoms with Crippen LogP contribution >= 0.6 is 11.6 Å². The number of nitrogens with one attached hydrogen (secondary N) is 1. The van der Waals surface area contributed by atoms with Crippen LogP contribution in [0.5, 0.6) is 5.75 Å². The van der Waals surface area contributed by atoms with Gasteiger partial charge in [0.2, 0.25) is 0 Å². The third-order valence-corrected chi connectivity index (χ3v) is 2.56. The van der Waals surface area contributed by atoms with Gasteiger partial charge in [0, 0.05) is 18.4 Å². The maximum atomic E-state index is 12.1. The van der Waals surface area contributed by atoms with E-state index < -0.39 is 6.36 Å². The van der Waals surface area contributed by atoms with Gasteiger partial charge in [-0.05, 0) is 29.8 Å². The van der Waals surface area contributed by atoms with Crippen molar-refractivity contribution in [3.63, 3.8) is 0 Å². The zero-order valence-corrected chi connectivity index (χ0v) is 10.9. The molecule has 0 radical (unpaired) electrons. The Labute approximate surface area is 118 Å². The highest BCUT2D eigenvalue weighted by Gasteiger charge is 2.31. The smallest absolute Gasteiger partial charge is 0.406 e. The van der Waals surface area contributed by atoms with Crippen LogP contribution in [-0.4, -0.2) is 11.3 Å². The molecule has 2 aromatic rings. The zero-order valence-electron chi connectivity index (χ0n) is 10.1. The van der Waals surface area contributed by atoms with Gasteiger partial charge in [0.05, 0.1) is 0 Å². The summed E-state index contributed by atoms with van der Waals surface area (Å²) < 4.78 is 40.2. The molecule has 0 amide bonds. The summed E-state index contributed by atoms with van der Waals surface area (Å²) in [4.78, 5) is 3.83. The molecule has 1 aromatic heterocycles. The molecule has 1 aromatic carbocycles. The third-order valence-electron chi connectivity index (χ3n) is 2.36. The van der Waals surface area contributed by atoms with Gasteiger partial charge in [-0.25, -0.2) is 4.98 Å². The van der Waals surface area contributed by atoms with Crippen molar-refractivity contribution in [1.29, 1.82) is 0 Å². The minimum absolute atomic E-state index is 0.246. The summed E-state index contributed by atoms with van der Waals surface area (Å²) in [6, 6.07) is 9.10. The number of nitrogens with zero attached hydrogens (tertiary/aromatic N) is 1. The predicted octanol–water partition coefficient (Wildman–Crippen LogP) is 4.25. The Kier molecular flexibility index (Phi) is 4.34. The van der Waals surface area contributed by atoms with E-state index in [2.05, 4.69) is 15.0 Å². The highest BCUT2D eigenvalue weighted by molar-refractivity contribution is 6.29. The summed E-state index contributed by atoms with van der Waals surface area (Å²) in [5.41, 5.74) is 1.38. The molecular formula is C13H10ClF3N2O. The van der Waals surface area contributed by atoms with Gasteiger partial charge in [0.15, 0.2) is 0 Å². The number of aromatic nitrogens is 1. The molecular weight excluding hydrogens is 293 g/mol. The Balaban J connectivity index is 2.01. The first-order valence-electron chi connectivity index (χ1n) is 5.62. The monoisotopic (exact) mass is 302 g/mol. The number of halogens is 4. The minimum atomic E-state index is -4.69. The van der Waals surface area contributed by atoms with Crippen LogP contribution in [0.2, 0.25) is 5.15 Å². The van der Waals surface area contributed by atoms with Crippen LogP contribution in [0.1, 0.15) is 5.56 Å². The fourth-order valence-electron chi connectivity index (χ4n) is 1.57. The van der Waals surface area contributed by atoms with E-state index in [1.807, 2.05) is 0 Å². The van der Waals surface area contributed by atoms with Crippen LogP contribution in [0.4, 0.5) is 18.9 Å². The molecule has 7 heteroatoms. The molecule has 0 aliphatic carbocycles. The molecule has 0 aliphatic heterocycles. The second kappa shape index (κ2) is 6.00. The van der Waals surface area contributed by atoms with E-state index in [0.717, 1.165) is 5.69 Å². The predicted molar refractivity (Wildman–Crippen MR) is 69.7 cm³/mol. The molecule has 0 saturated carbocycles. The maximum absolute atomic E-state index is 12.1. The SMILES string of the molecule is FC(F)(F)Oc1cccc(CNc2ccnc(Cl)c2)c1. The number of rotatable bonds is 4. The van der Waals surface area contributed by atoms with E-state index in [0.29, 0.717) is 17.3 Å². The summed E-state index contributed by atoms with van der Waals surface area (Å²) in [6.07, 6.45) is -3.15. The Hall–Kier alpha value is -1.95. The lowest BCUT2D eigenvalue weighted by atomic mass is 10.2. The van der Waals surface area contributed by atoms with Crippen molar-refractivity contribution in [2.45, 2.75) is 12.9 Å². The van der Waals surface area contributed by atoms with Crippen LogP contribution in [0.25, 0.3) is 0 Å². The second-order valence-electron chi connectivity index (χ2n) is 3.92. The van der Waals surface area contributed by atoms with Crippen LogP contribution in [0, 0.1) is 0 Å². The summed E-state index contributed by atoms with van der Waals surface area (Å²) in [5.74, 6) is -0.246. The van der Waals surface area contributed by atoms with E-state index in [4.69, 9.17) is 11.6 Å². The molecule has 2 rings (SSSR count). The second-order valence-corrected chi connectivity index (χ2v) is 4.30. The van der Waals surface area contributed by atoms with Gasteiger partial charge in [-0.2, -0.15) is 0 Å². The first-order valence-corrected chi connectivity index (χ1v) is 6.00. The Morgan fingerprint density at radius 3 is 2.70 bits per heavy atom. The Morgan fingerprint density at radius 1 is 1.20 bits per heavy atom. The fraction of sp³-hybridized carbons (Fsp3) is 0.154.